The van der Waals surface area contributed by atoms with Crippen LogP contribution in [0.4, 0.5) is 0 Å². The van der Waals surface area contributed by atoms with Crippen molar-refractivity contribution in [1.82, 2.24) is 31.5 Å². The smallest absolute Gasteiger partial charge is 0.326 e. The van der Waals surface area contributed by atoms with Crippen LogP contribution < -0.4 is 26.6 Å². The first kappa shape index (κ1) is 28.7. The van der Waals surface area contributed by atoms with E-state index in [0.29, 0.717) is 25.8 Å². The van der Waals surface area contributed by atoms with E-state index in [1.54, 1.807) is 0 Å². The van der Waals surface area contributed by atoms with E-state index in [4.69, 9.17) is 0 Å². The third-order valence-corrected chi connectivity index (χ3v) is 6.45. The van der Waals surface area contributed by atoms with Crippen molar-refractivity contribution < 1.29 is 33.9 Å². The predicted molar refractivity (Wildman–Crippen MR) is 131 cm³/mol. The summed E-state index contributed by atoms with van der Waals surface area (Å²) in [7, 11) is 0. The van der Waals surface area contributed by atoms with Crippen LogP contribution in [0.1, 0.15) is 25.7 Å². The number of thiol groups is 2. The van der Waals surface area contributed by atoms with Crippen LogP contribution in [0.15, 0.2) is 0 Å². The fourth-order valence-corrected chi connectivity index (χ4v) is 4.33. The summed E-state index contributed by atoms with van der Waals surface area (Å²) in [4.78, 5) is 73.9. The van der Waals surface area contributed by atoms with Gasteiger partial charge in [0.2, 0.25) is 29.5 Å². The van der Waals surface area contributed by atoms with Gasteiger partial charge in [0.15, 0.2) is 0 Å². The number of amides is 5. The molecule has 35 heavy (non-hydrogen) atoms. The van der Waals surface area contributed by atoms with E-state index in [1.165, 1.54) is 4.90 Å². The summed E-state index contributed by atoms with van der Waals surface area (Å²) in [6.07, 6.45) is 2.47. The number of carbonyl (C=O) groups excluding carboxylic acids is 5. The van der Waals surface area contributed by atoms with E-state index in [-0.39, 0.29) is 30.0 Å². The number of hydrogen-bond donors (Lipinski definition) is 8. The van der Waals surface area contributed by atoms with Crippen LogP contribution in [0.2, 0.25) is 0 Å². The van der Waals surface area contributed by atoms with Crippen molar-refractivity contribution in [2.24, 2.45) is 0 Å². The molecule has 13 nitrogen and oxygen atoms in total. The molecule has 2 rings (SSSR count). The lowest BCUT2D eigenvalue weighted by molar-refractivity contribution is -0.148. The Morgan fingerprint density at radius 1 is 0.914 bits per heavy atom. The second kappa shape index (κ2) is 14.1. The van der Waals surface area contributed by atoms with Crippen LogP contribution >= 0.6 is 25.3 Å². The van der Waals surface area contributed by atoms with Gasteiger partial charge in [-0.15, -0.1) is 0 Å². The summed E-state index contributed by atoms with van der Waals surface area (Å²) in [5, 5.41) is 22.0. The third-order valence-electron chi connectivity index (χ3n) is 5.72. The minimum atomic E-state index is -1.11. The Labute approximate surface area is 213 Å². The molecule has 0 aromatic heterocycles. The number of carbonyl (C=O) groups is 6. The van der Waals surface area contributed by atoms with Crippen molar-refractivity contribution in [3.8, 4) is 0 Å². The predicted octanol–water partition coefficient (Wildman–Crippen LogP) is -3.12. The van der Waals surface area contributed by atoms with Crippen molar-refractivity contribution in [2.75, 3.05) is 37.7 Å². The Morgan fingerprint density at radius 3 is 2.20 bits per heavy atom. The average Bonchev–Trinajstić information content (AvgIpc) is 3.55. The second-order valence-electron chi connectivity index (χ2n) is 8.21. The molecule has 0 aromatic carbocycles. The standard InChI is InChI=1S/C20H32N6O7S2/c27-15(7-22-17(29)11-3-1-5-21-11)24-13(10-35)19(31)25-12(9-34)18(30)23-8-16(28)26-6-2-4-14(26)20(32)33/h11-14,21,34-35H,1-10H2,(H,22,29)(H,23,30)(H,24,27)(H,25,31)(H,32,33)/t11-,12-,13-,14-/m0/s1. The molecule has 2 aliphatic heterocycles. The van der Waals surface area contributed by atoms with Crippen molar-refractivity contribution in [2.45, 2.75) is 49.9 Å². The van der Waals surface area contributed by atoms with E-state index in [1.807, 2.05) is 0 Å². The zero-order valence-electron chi connectivity index (χ0n) is 19.1. The lowest BCUT2D eigenvalue weighted by Gasteiger charge is -2.23. The van der Waals surface area contributed by atoms with E-state index in [0.717, 1.165) is 13.0 Å². The Bertz CT molecular complexity index is 824. The van der Waals surface area contributed by atoms with E-state index in [9.17, 15) is 33.9 Å². The van der Waals surface area contributed by atoms with Gasteiger partial charge in [-0.2, -0.15) is 25.3 Å². The highest BCUT2D eigenvalue weighted by Gasteiger charge is 2.34. The molecule has 196 valence electrons. The molecule has 2 saturated heterocycles. The quantitative estimate of drug-likeness (QED) is 0.121. The molecule has 4 atom stereocenters. The lowest BCUT2D eigenvalue weighted by Crippen LogP contribution is -2.57. The van der Waals surface area contributed by atoms with Gasteiger partial charge in [0, 0.05) is 18.1 Å². The average molecular weight is 533 g/mol. The molecule has 5 amide bonds. The normalized spacial score (nSPS) is 21.0. The Kier molecular flexibility index (Phi) is 11.6. The Morgan fingerprint density at radius 2 is 1.60 bits per heavy atom. The van der Waals surface area contributed by atoms with Gasteiger partial charge < -0.3 is 36.6 Å². The molecule has 2 fully saturated rings. The van der Waals surface area contributed by atoms with E-state index >= 15 is 0 Å². The van der Waals surface area contributed by atoms with E-state index < -0.39 is 54.3 Å². The van der Waals surface area contributed by atoms with Crippen LogP contribution in [0, 0.1) is 0 Å². The van der Waals surface area contributed by atoms with Crippen LogP contribution in [-0.4, -0.2) is 107 Å². The molecular weight excluding hydrogens is 500 g/mol. The number of nitrogens with one attached hydrogen (secondary N) is 5. The molecular formula is C20H32N6O7S2. The number of likely N-dealkylation sites (tertiary alicyclic amines) is 1. The van der Waals surface area contributed by atoms with Crippen molar-refractivity contribution in [3.63, 3.8) is 0 Å². The molecule has 0 saturated carbocycles. The Balaban J connectivity index is 1.79. The van der Waals surface area contributed by atoms with Crippen LogP contribution in [-0.2, 0) is 28.8 Å². The van der Waals surface area contributed by atoms with Gasteiger partial charge in [0.05, 0.1) is 19.1 Å². The summed E-state index contributed by atoms with van der Waals surface area (Å²) < 4.78 is 0. The minimum Gasteiger partial charge on any atom is -0.480 e. The molecule has 6 N–H and O–H groups in total. The largest absolute Gasteiger partial charge is 0.480 e. The number of rotatable bonds is 12. The molecule has 0 aromatic rings. The van der Waals surface area contributed by atoms with Gasteiger partial charge in [-0.1, -0.05) is 0 Å². The molecule has 0 aliphatic carbocycles. The topological polar surface area (TPSA) is 186 Å². The summed E-state index contributed by atoms with van der Waals surface area (Å²) in [5.74, 6) is -4.07. The van der Waals surface area contributed by atoms with Gasteiger partial charge >= 0.3 is 5.97 Å². The SMILES string of the molecule is O=C(CNC(=O)[C@@H]1CCCN1)N[C@@H](CS)C(=O)N[C@@H](CS)C(=O)NCC(=O)N1CCC[C@H]1C(=O)O. The first-order valence-corrected chi connectivity index (χ1v) is 12.6. The molecule has 2 aliphatic rings. The van der Waals surface area contributed by atoms with Gasteiger partial charge in [-0.05, 0) is 32.2 Å². The highest BCUT2D eigenvalue weighted by Crippen LogP contribution is 2.17. The summed E-state index contributed by atoms with van der Waals surface area (Å²) in [6.45, 7) is 0.284. The van der Waals surface area contributed by atoms with Gasteiger partial charge in [0.25, 0.3) is 0 Å². The lowest BCUT2D eigenvalue weighted by atomic mass is 10.2. The maximum atomic E-state index is 12.6. The zero-order chi connectivity index (χ0) is 26.0. The van der Waals surface area contributed by atoms with Crippen LogP contribution in [0.25, 0.3) is 0 Å². The maximum absolute atomic E-state index is 12.6. The summed E-state index contributed by atoms with van der Waals surface area (Å²) in [6, 6.07) is -3.45. The van der Waals surface area contributed by atoms with Crippen molar-refractivity contribution in [3.05, 3.63) is 0 Å². The van der Waals surface area contributed by atoms with E-state index in [2.05, 4.69) is 51.8 Å². The van der Waals surface area contributed by atoms with Gasteiger partial charge in [0.1, 0.15) is 18.1 Å². The second-order valence-corrected chi connectivity index (χ2v) is 8.94. The first-order valence-electron chi connectivity index (χ1n) is 11.3. The fraction of sp³-hybridized carbons (Fsp3) is 0.700. The van der Waals surface area contributed by atoms with Crippen LogP contribution in [0.3, 0.4) is 0 Å². The zero-order valence-corrected chi connectivity index (χ0v) is 20.9. The Hall–Kier alpha value is -2.52. The number of hydrogen-bond acceptors (Lipinski definition) is 9. The van der Waals surface area contributed by atoms with Crippen molar-refractivity contribution >= 4 is 60.8 Å². The molecule has 2 heterocycles. The van der Waals surface area contributed by atoms with Gasteiger partial charge in [-0.3, -0.25) is 24.0 Å². The molecule has 0 unspecified atom stereocenters. The van der Waals surface area contributed by atoms with Crippen molar-refractivity contribution in [1.29, 1.82) is 0 Å². The molecule has 0 spiro atoms. The fourth-order valence-electron chi connectivity index (χ4n) is 3.81. The number of carboxylic acid groups (broad SMARTS) is 1. The first-order chi connectivity index (χ1) is 16.7. The van der Waals surface area contributed by atoms with Gasteiger partial charge in [-0.25, -0.2) is 4.79 Å². The monoisotopic (exact) mass is 532 g/mol. The van der Waals surface area contributed by atoms with Crippen LogP contribution in [0.5, 0.6) is 0 Å². The summed E-state index contributed by atoms with van der Waals surface area (Å²) >= 11 is 8.13. The highest BCUT2D eigenvalue weighted by molar-refractivity contribution is 7.80. The third kappa shape index (κ3) is 8.58. The number of nitrogens with zero attached hydrogens (tertiary/aromatic N) is 1. The molecule has 0 bridgehead atoms. The minimum absolute atomic E-state index is 0.0688. The highest BCUT2D eigenvalue weighted by atomic mass is 32.1. The molecule has 0 radical (unpaired) electrons. The summed E-state index contributed by atoms with van der Waals surface area (Å²) in [5.41, 5.74) is 0. The molecule has 15 heteroatoms. The maximum Gasteiger partial charge on any atom is 0.326 e. The number of aliphatic carboxylic acids is 1. The number of carboxylic acids is 1.